The van der Waals surface area contributed by atoms with Gasteiger partial charge in [-0.15, -0.1) is 24.3 Å². The second-order valence-electron chi connectivity index (χ2n) is 6.31. The van der Waals surface area contributed by atoms with Crippen molar-refractivity contribution in [1.29, 1.82) is 0 Å². The van der Waals surface area contributed by atoms with Crippen LogP contribution < -0.4 is 5.56 Å². The summed E-state index contributed by atoms with van der Waals surface area (Å²) in [6, 6.07) is 0. The van der Waals surface area contributed by atoms with E-state index in [0.717, 1.165) is 41.5 Å². The highest BCUT2D eigenvalue weighted by Gasteiger charge is 2.22. The van der Waals surface area contributed by atoms with Crippen molar-refractivity contribution in [3.05, 3.63) is 45.6 Å². The number of carbonyl (C=O) groups is 1. The molecule has 144 valence electrons. The van der Waals surface area contributed by atoms with E-state index in [2.05, 4.69) is 17.5 Å². The van der Waals surface area contributed by atoms with Crippen molar-refractivity contribution >= 4 is 44.8 Å². The highest BCUT2D eigenvalue weighted by atomic mass is 32.2. The summed E-state index contributed by atoms with van der Waals surface area (Å²) in [7, 11) is 1.55. The second-order valence-corrected chi connectivity index (χ2v) is 8.34. The summed E-state index contributed by atoms with van der Waals surface area (Å²) in [4.78, 5) is 36.4. The largest absolute Gasteiger partial charge is 0.292 e. The zero-order valence-electron chi connectivity index (χ0n) is 15.7. The molecule has 0 amide bonds. The Balaban J connectivity index is 1.96. The van der Waals surface area contributed by atoms with Crippen LogP contribution >= 0.6 is 23.1 Å². The molecule has 0 atom stereocenters. The van der Waals surface area contributed by atoms with Gasteiger partial charge in [-0.2, -0.15) is 0 Å². The molecule has 2 heterocycles. The Kier molecular flexibility index (Phi) is 6.65. The van der Waals surface area contributed by atoms with E-state index >= 15 is 0 Å². The number of hydrogen-bond donors (Lipinski definition) is 0. The van der Waals surface area contributed by atoms with Crippen LogP contribution in [0.4, 0.5) is 0 Å². The number of terminal acetylenes is 1. The van der Waals surface area contributed by atoms with Gasteiger partial charge >= 0.3 is 0 Å². The van der Waals surface area contributed by atoms with E-state index in [4.69, 9.17) is 11.4 Å². The molecule has 5 nitrogen and oxygen atoms in total. The molecule has 2 aromatic heterocycles. The lowest BCUT2D eigenvalue weighted by atomic mass is 9.97. The highest BCUT2D eigenvalue weighted by molar-refractivity contribution is 7.99. The number of Topliss-reactive ketones (excluding diaryl/α,β-unsaturated/α-hetero) is 1. The quantitative estimate of drug-likeness (QED) is 0.230. The number of nitrogens with zero attached hydrogens (tertiary/aromatic N) is 3. The first kappa shape index (κ1) is 20.3. The molecule has 2 aromatic rings. The normalized spacial score (nSPS) is 14.2. The molecule has 28 heavy (non-hydrogen) atoms. The van der Waals surface area contributed by atoms with Gasteiger partial charge in [-0.25, -0.2) is 4.98 Å². The summed E-state index contributed by atoms with van der Waals surface area (Å²) in [5.41, 5.74) is 1.42. The predicted octanol–water partition coefficient (Wildman–Crippen LogP) is 3.44. The van der Waals surface area contributed by atoms with E-state index in [9.17, 15) is 9.59 Å². The van der Waals surface area contributed by atoms with Crippen molar-refractivity contribution in [2.45, 2.75) is 37.4 Å². The maximum absolute atomic E-state index is 13.2. The standard InChI is InChI=1S/C21H21N3O2S2/c1-4-6-10-15(22-3)16(25)13-27-21-23-19-18(20(26)24(21)12-5-2)14-9-7-8-11-17(14)28-19/h1,5-6,10H,2,7-9,11-13H2,3H3/b10-6-,22-15?. The molecule has 0 unspecified atom stereocenters. The topological polar surface area (TPSA) is 64.3 Å². The minimum absolute atomic E-state index is 0.0455. The summed E-state index contributed by atoms with van der Waals surface area (Å²) in [6.07, 6.45) is 14.0. The Bertz CT molecular complexity index is 1080. The summed E-state index contributed by atoms with van der Waals surface area (Å²) in [6.45, 7) is 4.11. The lowest BCUT2D eigenvalue weighted by Gasteiger charge is -2.12. The van der Waals surface area contributed by atoms with E-state index in [0.29, 0.717) is 17.4 Å². The maximum atomic E-state index is 13.2. The van der Waals surface area contributed by atoms with Gasteiger partial charge < -0.3 is 0 Å². The minimum atomic E-state index is -0.163. The number of aromatic nitrogens is 2. The van der Waals surface area contributed by atoms with Crippen LogP contribution in [0.15, 0.2) is 39.8 Å². The molecule has 0 saturated heterocycles. The van der Waals surface area contributed by atoms with Gasteiger partial charge in [0.15, 0.2) is 10.9 Å². The van der Waals surface area contributed by atoms with Gasteiger partial charge in [-0.1, -0.05) is 23.8 Å². The van der Waals surface area contributed by atoms with Crippen molar-refractivity contribution in [2.75, 3.05) is 12.8 Å². The first-order valence-electron chi connectivity index (χ1n) is 9.02. The van der Waals surface area contributed by atoms with Crippen LogP contribution in [0.2, 0.25) is 0 Å². The van der Waals surface area contributed by atoms with Gasteiger partial charge in [0.1, 0.15) is 10.5 Å². The maximum Gasteiger partial charge on any atom is 0.263 e. The summed E-state index contributed by atoms with van der Waals surface area (Å²) in [5, 5.41) is 1.27. The van der Waals surface area contributed by atoms with Crippen molar-refractivity contribution in [3.63, 3.8) is 0 Å². The Labute approximate surface area is 172 Å². The van der Waals surface area contributed by atoms with Crippen molar-refractivity contribution in [3.8, 4) is 12.3 Å². The minimum Gasteiger partial charge on any atom is -0.292 e. The molecular formula is C21H21N3O2S2. The third-order valence-electron chi connectivity index (χ3n) is 4.55. The van der Waals surface area contributed by atoms with E-state index in [1.807, 2.05) is 0 Å². The molecule has 0 radical (unpaired) electrons. The monoisotopic (exact) mass is 411 g/mol. The van der Waals surface area contributed by atoms with E-state index < -0.39 is 0 Å². The van der Waals surface area contributed by atoms with Crippen molar-refractivity contribution < 1.29 is 4.79 Å². The molecular weight excluding hydrogens is 390 g/mol. The molecule has 1 aliphatic carbocycles. The number of thiophene rings is 1. The molecule has 7 heteroatoms. The Morgan fingerprint density at radius 3 is 2.96 bits per heavy atom. The Hall–Kier alpha value is -2.43. The van der Waals surface area contributed by atoms with Gasteiger partial charge in [0.2, 0.25) is 0 Å². The summed E-state index contributed by atoms with van der Waals surface area (Å²) < 4.78 is 1.61. The van der Waals surface area contributed by atoms with Crippen LogP contribution in [0.3, 0.4) is 0 Å². The molecule has 0 aromatic carbocycles. The molecule has 3 rings (SSSR count). The molecule has 0 N–H and O–H groups in total. The zero-order chi connectivity index (χ0) is 20.1. The number of hydrogen-bond acceptors (Lipinski definition) is 6. The third kappa shape index (κ3) is 4.03. The molecule has 1 aliphatic rings. The molecule has 0 saturated carbocycles. The number of rotatable bonds is 7. The first-order valence-corrected chi connectivity index (χ1v) is 10.8. The van der Waals surface area contributed by atoms with Crippen molar-refractivity contribution in [1.82, 2.24) is 9.55 Å². The fourth-order valence-corrected chi connectivity index (χ4v) is 5.43. The second kappa shape index (κ2) is 9.18. The number of thioether (sulfide) groups is 1. The van der Waals surface area contributed by atoms with E-state index in [-0.39, 0.29) is 17.1 Å². The number of fused-ring (bicyclic) bond motifs is 3. The van der Waals surface area contributed by atoms with E-state index in [1.54, 1.807) is 29.0 Å². The summed E-state index contributed by atoms with van der Waals surface area (Å²) in [5.74, 6) is 2.31. The molecule has 0 aliphatic heterocycles. The van der Waals surface area contributed by atoms with Gasteiger partial charge in [-0.3, -0.25) is 19.1 Å². The van der Waals surface area contributed by atoms with Gasteiger partial charge in [0.05, 0.1) is 11.1 Å². The van der Waals surface area contributed by atoms with Crippen LogP contribution in [-0.4, -0.2) is 33.8 Å². The van der Waals surface area contributed by atoms with Crippen LogP contribution in [0.25, 0.3) is 10.2 Å². The van der Waals surface area contributed by atoms with E-state index in [1.165, 1.54) is 28.8 Å². The number of aryl methyl sites for hydroxylation is 2. The fraction of sp³-hybridized carbons (Fsp3) is 0.333. The highest BCUT2D eigenvalue weighted by Crippen LogP contribution is 2.34. The number of carbonyl (C=O) groups excluding carboxylic acids is 1. The smallest absolute Gasteiger partial charge is 0.263 e. The van der Waals surface area contributed by atoms with Gasteiger partial charge in [0, 0.05) is 18.5 Å². The van der Waals surface area contributed by atoms with Crippen LogP contribution in [-0.2, 0) is 24.2 Å². The van der Waals surface area contributed by atoms with Gasteiger partial charge in [-0.05, 0) is 43.4 Å². The Morgan fingerprint density at radius 1 is 1.46 bits per heavy atom. The number of ketones is 1. The average molecular weight is 412 g/mol. The third-order valence-corrected chi connectivity index (χ3v) is 6.71. The summed E-state index contributed by atoms with van der Waals surface area (Å²) >= 11 is 2.85. The average Bonchev–Trinajstić information content (AvgIpc) is 3.08. The van der Waals surface area contributed by atoms with Crippen LogP contribution in [0, 0.1) is 12.3 Å². The first-order chi connectivity index (χ1) is 13.6. The SMILES string of the molecule is C#C/C=C\C(=NC)C(=O)CSc1nc2sc3c(c2c(=O)n1CC=C)CCCC3. The fourth-order valence-electron chi connectivity index (χ4n) is 3.24. The van der Waals surface area contributed by atoms with Crippen LogP contribution in [0.1, 0.15) is 23.3 Å². The molecule has 0 bridgehead atoms. The van der Waals surface area contributed by atoms with Crippen LogP contribution in [0.5, 0.6) is 0 Å². The molecule has 0 fully saturated rings. The lowest BCUT2D eigenvalue weighted by molar-refractivity contribution is -0.110. The number of aliphatic imine (C=N–C) groups is 1. The Morgan fingerprint density at radius 2 is 2.25 bits per heavy atom. The lowest BCUT2D eigenvalue weighted by Crippen LogP contribution is -2.24. The zero-order valence-corrected chi connectivity index (χ0v) is 17.4. The van der Waals surface area contributed by atoms with Gasteiger partial charge in [0.25, 0.3) is 5.56 Å². The predicted molar refractivity (Wildman–Crippen MR) is 118 cm³/mol. The number of allylic oxidation sites excluding steroid dienone is 3. The van der Waals surface area contributed by atoms with Crippen molar-refractivity contribution in [2.24, 2.45) is 4.99 Å². The molecule has 0 spiro atoms.